The maximum atomic E-state index is 11.9. The van der Waals surface area contributed by atoms with Crippen molar-refractivity contribution in [1.29, 1.82) is 0 Å². The Morgan fingerprint density at radius 3 is 1.31 bits per heavy atom. The number of rotatable bonds is 6. The minimum atomic E-state index is -0.454. The van der Waals surface area contributed by atoms with Crippen LogP contribution in [0.2, 0.25) is 0 Å². The molecule has 51 heavy (non-hydrogen) atoms. The van der Waals surface area contributed by atoms with E-state index in [0.29, 0.717) is 21.5 Å². The summed E-state index contributed by atoms with van der Waals surface area (Å²) in [6.45, 7) is 17.1. The zero-order chi connectivity index (χ0) is 39.4. The molecule has 4 unspecified atom stereocenters. The van der Waals surface area contributed by atoms with Crippen molar-refractivity contribution in [3.05, 3.63) is 114 Å². The van der Waals surface area contributed by atoms with E-state index in [-0.39, 0.29) is 46.7 Å². The third-order valence-corrected chi connectivity index (χ3v) is 6.84. The van der Waals surface area contributed by atoms with Gasteiger partial charge in [0.15, 0.2) is 17.7 Å². The van der Waals surface area contributed by atoms with Gasteiger partial charge in [-0.05, 0) is 43.5 Å². The summed E-state index contributed by atoms with van der Waals surface area (Å²) in [5.74, 6) is 0.0686. The van der Waals surface area contributed by atoms with Gasteiger partial charge < -0.3 is 14.2 Å². The standard InChI is InChI=1S/C13H16O3.C13H16O2.C13H16O.3CH3F/c1-13(2,3)16-12(14)11-10(15-11)9-7-5-4-6-8-9;1-13(2,3)12(14)11-10(15-11)9-7-5-4-6-8-9;1-13(2,3)12(14)10-9-11-7-5-4-6-8-11;3*1-2/h4-8,10-11H,1-3H3;4-8,10-11H,1-3H3;4-10H,1-3H3;3*1H3/b;;10-9+;;;. The molecule has 0 aromatic heterocycles. The number of epoxide rings is 2. The summed E-state index contributed by atoms with van der Waals surface area (Å²) < 4.78 is 44.5. The monoisotopic (exact) mass is 714 g/mol. The fourth-order valence-electron chi connectivity index (χ4n) is 4.17. The van der Waals surface area contributed by atoms with Gasteiger partial charge in [0.05, 0.1) is 21.5 Å². The normalized spacial score (nSPS) is 18.5. The number of carbonyl (C=O) groups excluding carboxylic acids is 3. The summed E-state index contributed by atoms with van der Waals surface area (Å²) in [4.78, 5) is 35.1. The molecule has 5 rings (SSSR count). The molecular formula is C42H57F3O6. The van der Waals surface area contributed by atoms with Crippen LogP contribution in [0.3, 0.4) is 0 Å². The van der Waals surface area contributed by atoms with Gasteiger partial charge in [0, 0.05) is 10.8 Å². The lowest BCUT2D eigenvalue weighted by molar-refractivity contribution is -0.156. The first-order valence-electron chi connectivity index (χ1n) is 16.6. The van der Waals surface area contributed by atoms with Gasteiger partial charge in [-0.1, -0.05) is 139 Å². The van der Waals surface area contributed by atoms with Crippen LogP contribution < -0.4 is 0 Å². The predicted molar refractivity (Wildman–Crippen MR) is 199 cm³/mol. The number of allylic oxidation sites excluding steroid dienone is 1. The molecular weight excluding hydrogens is 657 g/mol. The van der Waals surface area contributed by atoms with Crippen molar-refractivity contribution in [2.24, 2.45) is 10.8 Å². The first-order chi connectivity index (χ1) is 24.0. The molecule has 2 fully saturated rings. The highest BCUT2D eigenvalue weighted by atomic mass is 19.1. The number of esters is 1. The number of carbonyl (C=O) groups is 3. The molecule has 0 saturated carbocycles. The maximum Gasteiger partial charge on any atom is 0.338 e. The molecule has 0 N–H and O–H groups in total. The second-order valence-corrected chi connectivity index (χ2v) is 14.3. The van der Waals surface area contributed by atoms with Gasteiger partial charge in [-0.3, -0.25) is 22.8 Å². The lowest BCUT2D eigenvalue weighted by Crippen LogP contribution is -2.26. The van der Waals surface area contributed by atoms with Crippen LogP contribution in [-0.4, -0.2) is 56.9 Å². The SMILES string of the molecule is CC(C)(C)C(=O)/C=C/c1ccccc1.CC(C)(C)C(=O)C1OC1c1ccccc1.CC(C)(C)OC(=O)C1OC1c1ccccc1.CF.CF.CF. The van der Waals surface area contributed by atoms with Gasteiger partial charge in [0.25, 0.3) is 0 Å². The topological polar surface area (TPSA) is 85.5 Å². The van der Waals surface area contributed by atoms with Crippen molar-refractivity contribution in [2.75, 3.05) is 21.5 Å². The van der Waals surface area contributed by atoms with E-state index in [1.807, 2.05) is 159 Å². The predicted octanol–water partition coefficient (Wildman–Crippen LogP) is 10.3. The van der Waals surface area contributed by atoms with E-state index >= 15 is 0 Å². The van der Waals surface area contributed by atoms with Crippen molar-refractivity contribution < 1.29 is 41.8 Å². The first-order valence-corrected chi connectivity index (χ1v) is 16.6. The lowest BCUT2D eigenvalue weighted by Gasteiger charge is -2.18. The van der Waals surface area contributed by atoms with Crippen LogP contribution in [0, 0.1) is 10.8 Å². The van der Waals surface area contributed by atoms with Crippen molar-refractivity contribution in [3.8, 4) is 0 Å². The van der Waals surface area contributed by atoms with Crippen LogP contribution in [0.5, 0.6) is 0 Å². The average Bonchev–Trinajstić information content (AvgIpc) is 4.05. The number of ketones is 2. The van der Waals surface area contributed by atoms with Gasteiger partial charge in [-0.2, -0.15) is 0 Å². The molecule has 0 amide bonds. The van der Waals surface area contributed by atoms with Gasteiger partial charge >= 0.3 is 5.97 Å². The molecule has 0 radical (unpaired) electrons. The molecule has 3 aromatic carbocycles. The van der Waals surface area contributed by atoms with Crippen LogP contribution in [0.15, 0.2) is 97.1 Å². The first kappa shape index (κ1) is 46.9. The zero-order valence-corrected chi connectivity index (χ0v) is 32.2. The second kappa shape index (κ2) is 22.7. The molecule has 2 heterocycles. The largest absolute Gasteiger partial charge is 0.458 e. The molecule has 3 aromatic rings. The summed E-state index contributed by atoms with van der Waals surface area (Å²) in [5, 5.41) is 0. The Balaban J connectivity index is 0.000000685. The molecule has 6 nitrogen and oxygen atoms in total. The molecule has 282 valence electrons. The van der Waals surface area contributed by atoms with E-state index in [1.165, 1.54) is 0 Å². The molecule has 2 saturated heterocycles. The Kier molecular flexibility index (Phi) is 20.9. The minimum Gasteiger partial charge on any atom is -0.458 e. The number of alkyl halides is 3. The van der Waals surface area contributed by atoms with Crippen molar-refractivity contribution >= 4 is 23.6 Å². The van der Waals surface area contributed by atoms with Gasteiger partial charge in [-0.15, -0.1) is 0 Å². The number of benzene rings is 3. The summed E-state index contributed by atoms with van der Waals surface area (Å²) >= 11 is 0. The molecule has 4 atom stereocenters. The van der Waals surface area contributed by atoms with E-state index in [9.17, 15) is 27.6 Å². The highest BCUT2D eigenvalue weighted by Gasteiger charge is 2.49. The van der Waals surface area contributed by atoms with Crippen molar-refractivity contribution in [3.63, 3.8) is 0 Å². The average molecular weight is 715 g/mol. The Morgan fingerprint density at radius 1 is 0.569 bits per heavy atom. The highest BCUT2D eigenvalue weighted by molar-refractivity contribution is 5.97. The van der Waals surface area contributed by atoms with E-state index in [4.69, 9.17) is 14.2 Å². The summed E-state index contributed by atoms with van der Waals surface area (Å²) in [7, 11) is 1.50. The molecule has 0 aliphatic carbocycles. The van der Waals surface area contributed by atoms with Gasteiger partial charge in [0.1, 0.15) is 23.9 Å². The highest BCUT2D eigenvalue weighted by Crippen LogP contribution is 2.42. The van der Waals surface area contributed by atoms with E-state index in [0.717, 1.165) is 16.7 Å². The maximum absolute atomic E-state index is 11.9. The summed E-state index contributed by atoms with van der Waals surface area (Å²) in [6, 6.07) is 29.5. The smallest absolute Gasteiger partial charge is 0.338 e. The van der Waals surface area contributed by atoms with Crippen molar-refractivity contribution in [1.82, 2.24) is 0 Å². The van der Waals surface area contributed by atoms with Crippen LogP contribution in [0.4, 0.5) is 13.2 Å². The third-order valence-electron chi connectivity index (χ3n) is 6.84. The van der Waals surface area contributed by atoms with E-state index < -0.39 is 11.7 Å². The van der Waals surface area contributed by atoms with Crippen LogP contribution in [0.1, 0.15) is 91.2 Å². The zero-order valence-electron chi connectivity index (χ0n) is 32.2. The van der Waals surface area contributed by atoms with Crippen molar-refractivity contribution in [2.45, 2.75) is 92.3 Å². The molecule has 0 spiro atoms. The number of hydrogen-bond acceptors (Lipinski definition) is 6. The summed E-state index contributed by atoms with van der Waals surface area (Å²) in [5.41, 5.74) is 2.13. The quantitative estimate of drug-likeness (QED) is 0.144. The minimum absolute atomic E-state index is 0.0158. The molecule has 9 heteroatoms. The number of hydrogen-bond donors (Lipinski definition) is 0. The number of ether oxygens (including phenoxy) is 3. The number of halogens is 3. The third kappa shape index (κ3) is 18.1. The Hall–Kier alpha value is -4.08. The Labute approximate surface area is 303 Å². The van der Waals surface area contributed by atoms with Crippen LogP contribution in [0.25, 0.3) is 6.08 Å². The molecule has 2 aliphatic rings. The lowest BCUT2D eigenvalue weighted by atomic mass is 9.87. The van der Waals surface area contributed by atoms with E-state index in [1.54, 1.807) is 6.08 Å². The summed E-state index contributed by atoms with van der Waals surface area (Å²) in [6.07, 6.45) is 2.70. The molecule has 0 bridgehead atoms. The fourth-order valence-corrected chi connectivity index (χ4v) is 4.17. The van der Waals surface area contributed by atoms with Gasteiger partial charge in [0.2, 0.25) is 0 Å². The Bertz CT molecular complexity index is 1440. The second-order valence-electron chi connectivity index (χ2n) is 14.3. The fraction of sp³-hybridized carbons (Fsp3) is 0.452. The van der Waals surface area contributed by atoms with Crippen LogP contribution >= 0.6 is 0 Å². The van der Waals surface area contributed by atoms with E-state index in [2.05, 4.69) is 0 Å². The van der Waals surface area contributed by atoms with Crippen LogP contribution in [-0.2, 0) is 28.6 Å². The Morgan fingerprint density at radius 2 is 0.941 bits per heavy atom. The number of Topliss-reactive ketones (excluding diaryl/α,β-unsaturated/α-hetero) is 1. The molecule has 2 aliphatic heterocycles. The van der Waals surface area contributed by atoms with Gasteiger partial charge in [-0.25, -0.2) is 4.79 Å².